The molecular weight excluding hydrogens is 338 g/mol. The maximum atomic E-state index is 12.9. The zero-order valence-corrected chi connectivity index (χ0v) is 16.2. The molecule has 0 aromatic carbocycles. The lowest BCUT2D eigenvalue weighted by atomic mass is 9.64. The zero-order valence-electron chi connectivity index (χ0n) is 16.2. The van der Waals surface area contributed by atoms with Crippen LogP contribution in [0.1, 0.15) is 53.9 Å². The molecule has 0 bridgehead atoms. The van der Waals surface area contributed by atoms with E-state index in [1.165, 1.54) is 0 Å². The Kier molecular flexibility index (Phi) is 5.63. The van der Waals surface area contributed by atoms with Gasteiger partial charge in [0.25, 0.3) is 11.8 Å². The summed E-state index contributed by atoms with van der Waals surface area (Å²) >= 11 is 0. The summed E-state index contributed by atoms with van der Waals surface area (Å²) in [4.78, 5) is 49.6. The third-order valence-corrected chi connectivity index (χ3v) is 4.73. The number of carbonyl (C=O) groups excluding carboxylic acids is 4. The van der Waals surface area contributed by atoms with Gasteiger partial charge in [0, 0.05) is 6.04 Å². The number of imide groups is 1. The van der Waals surface area contributed by atoms with Gasteiger partial charge in [-0.15, -0.1) is 0 Å². The summed E-state index contributed by atoms with van der Waals surface area (Å²) in [5.41, 5.74) is -1.03. The molecule has 8 heteroatoms. The molecule has 0 aromatic heterocycles. The van der Waals surface area contributed by atoms with Gasteiger partial charge in [0.05, 0.1) is 0 Å². The molecule has 0 radical (unpaired) electrons. The smallest absolute Gasteiger partial charge is 0.326 e. The van der Waals surface area contributed by atoms with Crippen molar-refractivity contribution in [2.75, 3.05) is 13.2 Å². The molecule has 1 aliphatic heterocycles. The highest BCUT2D eigenvalue weighted by Gasteiger charge is 2.56. The van der Waals surface area contributed by atoms with Crippen molar-refractivity contribution >= 4 is 23.8 Å². The SMILES string of the molecule is CC(C)NC(=O)COC(=O)CN1C(=O)N[C@]2(C[C@H](C)CC(C)(C)C2)C1=O. The van der Waals surface area contributed by atoms with Crippen LogP contribution in [0.3, 0.4) is 0 Å². The fourth-order valence-electron chi connectivity index (χ4n) is 4.33. The molecule has 1 saturated heterocycles. The van der Waals surface area contributed by atoms with Crippen molar-refractivity contribution in [3.8, 4) is 0 Å². The van der Waals surface area contributed by atoms with Crippen LogP contribution in [0.5, 0.6) is 0 Å². The third kappa shape index (κ3) is 4.53. The van der Waals surface area contributed by atoms with E-state index >= 15 is 0 Å². The number of hydrogen-bond acceptors (Lipinski definition) is 5. The molecular formula is C18H29N3O5. The number of nitrogens with one attached hydrogen (secondary N) is 2. The Morgan fingerprint density at radius 2 is 1.96 bits per heavy atom. The van der Waals surface area contributed by atoms with Crippen molar-refractivity contribution in [1.82, 2.24) is 15.5 Å². The van der Waals surface area contributed by atoms with Crippen LogP contribution in [0.25, 0.3) is 0 Å². The van der Waals surface area contributed by atoms with E-state index in [-0.39, 0.29) is 23.3 Å². The Balaban J connectivity index is 1.98. The van der Waals surface area contributed by atoms with Gasteiger partial charge in [0.1, 0.15) is 12.1 Å². The van der Waals surface area contributed by atoms with Gasteiger partial charge in [-0.25, -0.2) is 4.79 Å². The van der Waals surface area contributed by atoms with Crippen LogP contribution < -0.4 is 10.6 Å². The average Bonchev–Trinajstić information content (AvgIpc) is 2.66. The van der Waals surface area contributed by atoms with E-state index in [0.29, 0.717) is 12.8 Å². The van der Waals surface area contributed by atoms with Gasteiger partial charge in [-0.05, 0) is 44.4 Å². The second-order valence-electron chi connectivity index (χ2n) is 8.64. The number of amides is 4. The fourth-order valence-corrected chi connectivity index (χ4v) is 4.33. The van der Waals surface area contributed by atoms with Gasteiger partial charge >= 0.3 is 12.0 Å². The van der Waals surface area contributed by atoms with Crippen molar-refractivity contribution in [3.05, 3.63) is 0 Å². The minimum absolute atomic E-state index is 0.0661. The maximum Gasteiger partial charge on any atom is 0.326 e. The average molecular weight is 367 g/mol. The summed E-state index contributed by atoms with van der Waals surface area (Å²) in [6, 6.07) is -0.646. The molecule has 0 unspecified atom stereocenters. The van der Waals surface area contributed by atoms with E-state index in [0.717, 1.165) is 11.3 Å². The number of rotatable bonds is 5. The first kappa shape index (κ1) is 20.2. The predicted octanol–water partition coefficient (Wildman–Crippen LogP) is 1.19. The second kappa shape index (κ2) is 7.25. The Hall–Kier alpha value is -2.12. The molecule has 26 heavy (non-hydrogen) atoms. The van der Waals surface area contributed by atoms with Gasteiger partial charge in [-0.3, -0.25) is 19.3 Å². The Morgan fingerprint density at radius 1 is 1.31 bits per heavy atom. The van der Waals surface area contributed by atoms with Crippen molar-refractivity contribution in [1.29, 1.82) is 0 Å². The van der Waals surface area contributed by atoms with E-state index in [1.54, 1.807) is 13.8 Å². The summed E-state index contributed by atoms with van der Waals surface area (Å²) in [7, 11) is 0. The van der Waals surface area contributed by atoms with Gasteiger partial charge < -0.3 is 15.4 Å². The predicted molar refractivity (Wildman–Crippen MR) is 94.0 cm³/mol. The first-order valence-electron chi connectivity index (χ1n) is 9.03. The number of urea groups is 1. The number of hydrogen-bond donors (Lipinski definition) is 2. The molecule has 4 amide bonds. The van der Waals surface area contributed by atoms with Crippen molar-refractivity contribution in [2.24, 2.45) is 11.3 Å². The van der Waals surface area contributed by atoms with E-state index in [2.05, 4.69) is 31.4 Å². The van der Waals surface area contributed by atoms with Crippen LogP contribution in [0.15, 0.2) is 0 Å². The number of nitrogens with zero attached hydrogens (tertiary/aromatic N) is 1. The van der Waals surface area contributed by atoms with E-state index in [1.807, 2.05) is 0 Å². The van der Waals surface area contributed by atoms with E-state index in [9.17, 15) is 19.2 Å². The minimum Gasteiger partial charge on any atom is -0.454 e. The van der Waals surface area contributed by atoms with E-state index < -0.39 is 36.6 Å². The lowest BCUT2D eigenvalue weighted by Crippen LogP contribution is -2.54. The minimum atomic E-state index is -0.951. The van der Waals surface area contributed by atoms with Crippen molar-refractivity contribution in [3.63, 3.8) is 0 Å². The highest BCUT2D eigenvalue weighted by molar-refractivity contribution is 6.08. The summed E-state index contributed by atoms with van der Waals surface area (Å²) in [5, 5.41) is 5.40. The normalized spacial score (nSPS) is 27.6. The topological polar surface area (TPSA) is 105 Å². The summed E-state index contributed by atoms with van der Waals surface area (Å²) in [5.74, 6) is -1.31. The molecule has 2 fully saturated rings. The molecule has 8 nitrogen and oxygen atoms in total. The maximum absolute atomic E-state index is 12.9. The van der Waals surface area contributed by atoms with Gasteiger partial charge in [-0.2, -0.15) is 0 Å². The largest absolute Gasteiger partial charge is 0.454 e. The first-order chi connectivity index (χ1) is 11.9. The highest BCUT2D eigenvalue weighted by Crippen LogP contribution is 2.46. The Morgan fingerprint density at radius 3 is 2.54 bits per heavy atom. The highest BCUT2D eigenvalue weighted by atomic mass is 16.5. The van der Waals surface area contributed by atoms with Crippen molar-refractivity contribution < 1.29 is 23.9 Å². The van der Waals surface area contributed by atoms with Gasteiger partial charge in [0.2, 0.25) is 0 Å². The molecule has 1 saturated carbocycles. The van der Waals surface area contributed by atoms with Crippen LogP contribution in [-0.2, 0) is 19.1 Å². The van der Waals surface area contributed by atoms with Crippen LogP contribution in [0.2, 0.25) is 0 Å². The Bertz CT molecular complexity index is 616. The first-order valence-corrected chi connectivity index (χ1v) is 9.03. The standard InChI is InChI=1S/C18H29N3O5/c1-11(2)19-13(22)9-26-14(23)8-21-15(24)18(20-16(21)25)7-12(3)6-17(4,5)10-18/h11-12H,6-10H2,1-5H3,(H,19,22)(H,20,25)/t12-,18+/m1/s1. The van der Waals surface area contributed by atoms with Crippen LogP contribution in [-0.4, -0.2) is 53.4 Å². The molecule has 1 aliphatic carbocycles. The van der Waals surface area contributed by atoms with Gasteiger partial charge in [0.15, 0.2) is 6.61 Å². The molecule has 0 aromatic rings. The molecule has 1 spiro atoms. The monoisotopic (exact) mass is 367 g/mol. The summed E-state index contributed by atoms with van der Waals surface area (Å²) in [6.07, 6.45) is 2.07. The zero-order chi connectivity index (χ0) is 19.7. The van der Waals surface area contributed by atoms with Crippen molar-refractivity contribution in [2.45, 2.75) is 65.5 Å². The fraction of sp³-hybridized carbons (Fsp3) is 0.778. The van der Waals surface area contributed by atoms with E-state index in [4.69, 9.17) is 4.74 Å². The Labute approximate surface area is 154 Å². The quantitative estimate of drug-likeness (QED) is 0.561. The van der Waals surface area contributed by atoms with Crippen LogP contribution in [0.4, 0.5) is 4.79 Å². The number of esters is 1. The molecule has 2 rings (SSSR count). The summed E-state index contributed by atoms with van der Waals surface area (Å²) < 4.78 is 4.88. The molecule has 2 N–H and O–H groups in total. The molecule has 146 valence electrons. The van der Waals surface area contributed by atoms with Crippen LogP contribution >= 0.6 is 0 Å². The lowest BCUT2D eigenvalue weighted by Gasteiger charge is -2.43. The second-order valence-corrected chi connectivity index (χ2v) is 8.64. The van der Waals surface area contributed by atoms with Gasteiger partial charge in [-0.1, -0.05) is 20.8 Å². The van der Waals surface area contributed by atoms with Crippen LogP contribution in [0, 0.1) is 11.3 Å². The molecule has 2 atom stereocenters. The molecule has 2 aliphatic rings. The lowest BCUT2D eigenvalue weighted by molar-refractivity contribution is -0.151. The third-order valence-electron chi connectivity index (χ3n) is 4.73. The number of carbonyl (C=O) groups is 4. The number of ether oxygens (including phenoxy) is 1. The summed E-state index contributed by atoms with van der Waals surface area (Å²) in [6.45, 7) is 8.87. The molecule has 1 heterocycles.